The zero-order valence-corrected chi connectivity index (χ0v) is 11.8. The number of hydrogen-bond donors (Lipinski definition) is 0. The fourth-order valence-corrected chi connectivity index (χ4v) is 2.32. The third-order valence-electron chi connectivity index (χ3n) is 3.58. The summed E-state index contributed by atoms with van der Waals surface area (Å²) in [6.45, 7) is 8.88. The molecule has 4 nitrogen and oxygen atoms in total. The Morgan fingerprint density at radius 3 is 2.29 bits per heavy atom. The van der Waals surface area contributed by atoms with E-state index in [9.17, 15) is 4.79 Å². The molecule has 1 heterocycles. The quantitative estimate of drug-likeness (QED) is 0.733. The molecule has 1 saturated heterocycles. The van der Waals surface area contributed by atoms with Gasteiger partial charge in [0.2, 0.25) is 0 Å². The van der Waals surface area contributed by atoms with Gasteiger partial charge in [-0.1, -0.05) is 13.8 Å². The number of likely N-dealkylation sites (N-methyl/N-ethyl adjacent to an activating group) is 1. The van der Waals surface area contributed by atoms with Crippen LogP contribution in [0, 0.1) is 0 Å². The van der Waals surface area contributed by atoms with Crippen molar-refractivity contribution in [1.29, 1.82) is 0 Å². The molecule has 2 aliphatic rings. The van der Waals surface area contributed by atoms with Crippen LogP contribution in [0.3, 0.4) is 0 Å². The van der Waals surface area contributed by atoms with Crippen LogP contribution in [0.25, 0.3) is 0 Å². The maximum atomic E-state index is 12.2. The lowest BCUT2D eigenvalue weighted by molar-refractivity contribution is -0.149. The molecule has 0 aromatic heterocycles. The molecule has 1 atom stereocenters. The second kappa shape index (κ2) is 5.83. The van der Waals surface area contributed by atoms with E-state index < -0.39 is 5.60 Å². The average Bonchev–Trinajstić information content (AvgIpc) is 3.12. The Morgan fingerprint density at radius 1 is 1.29 bits per heavy atom. The number of hydrogen-bond acceptors (Lipinski definition) is 3. The molecule has 2 fully saturated rings. The number of piperazine rings is 1. The molecular weight excluding hydrogens is 216 g/mol. The first kappa shape index (κ1) is 14.5. The molecule has 1 amide bonds. The van der Waals surface area contributed by atoms with Gasteiger partial charge in [-0.05, 0) is 26.8 Å². The lowest BCUT2D eigenvalue weighted by atomic mass is 10.1. The van der Waals surface area contributed by atoms with Crippen molar-refractivity contribution in [2.24, 2.45) is 0 Å². The number of carbonyl (C=O) groups is 1. The second-order valence-corrected chi connectivity index (χ2v) is 4.81. The van der Waals surface area contributed by atoms with Gasteiger partial charge in [-0.3, -0.25) is 4.79 Å². The van der Waals surface area contributed by atoms with Crippen molar-refractivity contribution in [2.75, 3.05) is 33.8 Å². The minimum absolute atomic E-state index is 0.200. The molecular formula is C13H26N2O2. The van der Waals surface area contributed by atoms with Gasteiger partial charge in [0.05, 0.1) is 0 Å². The molecule has 0 N–H and O–H groups in total. The number of rotatable bonds is 2. The maximum absolute atomic E-state index is 12.2. The molecule has 0 spiro atoms. The van der Waals surface area contributed by atoms with Crippen LogP contribution >= 0.6 is 0 Å². The molecule has 0 radical (unpaired) electrons. The molecule has 0 bridgehead atoms. The molecule has 1 aliphatic carbocycles. The average molecular weight is 242 g/mol. The third kappa shape index (κ3) is 2.99. The minimum Gasteiger partial charge on any atom is -0.368 e. The van der Waals surface area contributed by atoms with E-state index in [1.54, 1.807) is 7.11 Å². The molecule has 1 saturated carbocycles. The van der Waals surface area contributed by atoms with Gasteiger partial charge in [-0.2, -0.15) is 0 Å². The molecule has 0 aromatic carbocycles. The highest BCUT2D eigenvalue weighted by atomic mass is 16.5. The summed E-state index contributed by atoms with van der Waals surface area (Å²) < 4.78 is 5.33. The Balaban J connectivity index is 0.000000686. The van der Waals surface area contributed by atoms with Gasteiger partial charge in [0, 0.05) is 32.8 Å². The van der Waals surface area contributed by atoms with E-state index in [1.807, 2.05) is 18.7 Å². The van der Waals surface area contributed by atoms with Crippen molar-refractivity contribution in [3.8, 4) is 0 Å². The van der Waals surface area contributed by atoms with Crippen molar-refractivity contribution >= 4 is 5.91 Å². The summed E-state index contributed by atoms with van der Waals surface area (Å²) >= 11 is 0. The first-order valence-electron chi connectivity index (χ1n) is 6.64. The zero-order chi connectivity index (χ0) is 13.1. The van der Waals surface area contributed by atoms with Crippen molar-refractivity contribution in [1.82, 2.24) is 9.80 Å². The van der Waals surface area contributed by atoms with Crippen molar-refractivity contribution < 1.29 is 9.53 Å². The molecule has 1 unspecified atom stereocenters. The van der Waals surface area contributed by atoms with Crippen LogP contribution in [0.2, 0.25) is 0 Å². The Morgan fingerprint density at radius 2 is 1.88 bits per heavy atom. The Hall–Kier alpha value is -0.610. The number of amides is 1. The fraction of sp³-hybridized carbons (Fsp3) is 0.923. The van der Waals surface area contributed by atoms with Crippen LogP contribution in [0.15, 0.2) is 0 Å². The van der Waals surface area contributed by atoms with Gasteiger partial charge in [-0.15, -0.1) is 0 Å². The predicted molar refractivity (Wildman–Crippen MR) is 69.0 cm³/mol. The zero-order valence-electron chi connectivity index (χ0n) is 11.8. The molecule has 2 rings (SSSR count). The van der Waals surface area contributed by atoms with Crippen LogP contribution in [0.1, 0.15) is 33.6 Å². The lowest BCUT2D eigenvalue weighted by Crippen LogP contribution is -2.56. The van der Waals surface area contributed by atoms with Gasteiger partial charge >= 0.3 is 0 Å². The number of carbonyl (C=O) groups excluding carboxylic acids is 1. The highest BCUT2D eigenvalue weighted by molar-refractivity contribution is 5.88. The van der Waals surface area contributed by atoms with Crippen LogP contribution in [-0.2, 0) is 9.53 Å². The summed E-state index contributed by atoms with van der Waals surface area (Å²) in [7, 11) is 3.74. The minimum atomic E-state index is -0.454. The highest BCUT2D eigenvalue weighted by Gasteiger charge is 2.53. The van der Waals surface area contributed by atoms with Crippen LogP contribution in [-0.4, -0.2) is 61.1 Å². The van der Waals surface area contributed by atoms with Crippen molar-refractivity contribution in [3.05, 3.63) is 0 Å². The summed E-state index contributed by atoms with van der Waals surface area (Å²) in [6.07, 6.45) is 1.78. The van der Waals surface area contributed by atoms with Crippen LogP contribution < -0.4 is 0 Å². The van der Waals surface area contributed by atoms with Crippen LogP contribution in [0.4, 0.5) is 0 Å². The molecule has 100 valence electrons. The van der Waals surface area contributed by atoms with Gasteiger partial charge in [-0.25, -0.2) is 0 Å². The molecule has 0 aromatic rings. The largest absolute Gasteiger partial charge is 0.368 e. The van der Waals surface area contributed by atoms with Crippen LogP contribution in [0.5, 0.6) is 0 Å². The number of nitrogens with zero attached hydrogens (tertiary/aromatic N) is 2. The summed E-state index contributed by atoms with van der Waals surface area (Å²) in [4.78, 5) is 16.5. The third-order valence-corrected chi connectivity index (χ3v) is 3.58. The van der Waals surface area contributed by atoms with E-state index in [2.05, 4.69) is 18.9 Å². The fourth-order valence-electron chi connectivity index (χ4n) is 2.32. The van der Waals surface area contributed by atoms with E-state index in [4.69, 9.17) is 4.74 Å². The van der Waals surface area contributed by atoms with E-state index in [-0.39, 0.29) is 5.91 Å². The lowest BCUT2D eigenvalue weighted by Gasteiger charge is -2.39. The van der Waals surface area contributed by atoms with E-state index in [0.29, 0.717) is 6.04 Å². The molecule has 17 heavy (non-hydrogen) atoms. The van der Waals surface area contributed by atoms with E-state index in [1.165, 1.54) is 0 Å². The monoisotopic (exact) mass is 242 g/mol. The summed E-state index contributed by atoms with van der Waals surface area (Å²) in [6, 6.07) is 0.309. The topological polar surface area (TPSA) is 32.8 Å². The molecule has 4 heteroatoms. The van der Waals surface area contributed by atoms with Crippen molar-refractivity contribution in [2.45, 2.75) is 45.3 Å². The maximum Gasteiger partial charge on any atom is 0.255 e. The number of methoxy groups -OCH3 is 1. The summed E-state index contributed by atoms with van der Waals surface area (Å²) in [5.41, 5.74) is -0.454. The Kier molecular flexibility index (Phi) is 4.95. The first-order chi connectivity index (χ1) is 8.09. The molecule has 1 aliphatic heterocycles. The standard InChI is InChI=1S/C11H20N2O2.C2H6/c1-9-8-12(2)6-7-13(9)10(14)11(15-3)4-5-11;1-2/h9H,4-8H2,1-3H3;1-2H3. The van der Waals surface area contributed by atoms with Gasteiger partial charge < -0.3 is 14.5 Å². The first-order valence-corrected chi connectivity index (χ1v) is 6.64. The smallest absolute Gasteiger partial charge is 0.255 e. The SMILES string of the molecule is CC.COC1(C(=O)N2CCN(C)CC2C)CC1. The second-order valence-electron chi connectivity index (χ2n) is 4.81. The Bertz CT molecular complexity index is 264. The van der Waals surface area contributed by atoms with Gasteiger partial charge in [0.1, 0.15) is 5.60 Å². The normalized spacial score (nSPS) is 27.1. The summed E-state index contributed by atoms with van der Waals surface area (Å²) in [5, 5.41) is 0. The van der Waals surface area contributed by atoms with E-state index in [0.717, 1.165) is 32.5 Å². The highest BCUT2D eigenvalue weighted by Crippen LogP contribution is 2.41. The Labute approximate surface area is 105 Å². The predicted octanol–water partition coefficient (Wildman–Crippen LogP) is 1.35. The summed E-state index contributed by atoms with van der Waals surface area (Å²) in [5.74, 6) is 0.200. The van der Waals surface area contributed by atoms with E-state index >= 15 is 0 Å². The number of ether oxygens (including phenoxy) is 1. The van der Waals surface area contributed by atoms with Gasteiger partial charge in [0.15, 0.2) is 0 Å². The van der Waals surface area contributed by atoms with Crippen molar-refractivity contribution in [3.63, 3.8) is 0 Å². The van der Waals surface area contributed by atoms with Gasteiger partial charge in [0.25, 0.3) is 5.91 Å².